The van der Waals surface area contributed by atoms with Gasteiger partial charge in [-0.25, -0.2) is 0 Å². The summed E-state index contributed by atoms with van der Waals surface area (Å²) < 4.78 is 33.5. The van der Waals surface area contributed by atoms with Crippen LogP contribution in [0.1, 0.15) is 12.0 Å². The average Bonchev–Trinajstić information content (AvgIpc) is 2.12. The third-order valence-electron chi connectivity index (χ3n) is 1.73. The van der Waals surface area contributed by atoms with Crippen molar-refractivity contribution < 1.29 is 27.1 Å². The van der Waals surface area contributed by atoms with Crippen LogP contribution in [0.15, 0.2) is 24.3 Å². The zero-order chi connectivity index (χ0) is 12.2. The number of carboxylic acids is 1. The number of aryl methyl sites for hydroxylation is 1. The smallest absolute Gasteiger partial charge is 0.446 e. The molecule has 1 aromatic rings. The molecule has 0 unspecified atom stereocenters. The maximum atomic E-state index is 10.4. The van der Waals surface area contributed by atoms with Crippen molar-refractivity contribution in [1.29, 1.82) is 0 Å². The van der Waals surface area contributed by atoms with Gasteiger partial charge >= 0.3 is 16.4 Å². The third kappa shape index (κ3) is 4.76. The van der Waals surface area contributed by atoms with E-state index in [0.29, 0.717) is 5.56 Å². The van der Waals surface area contributed by atoms with Gasteiger partial charge in [-0.15, -0.1) is 0 Å². The van der Waals surface area contributed by atoms with Crippen molar-refractivity contribution >= 4 is 16.4 Å². The molecule has 0 aliphatic rings. The molecule has 7 heteroatoms. The van der Waals surface area contributed by atoms with E-state index in [1.54, 1.807) is 6.07 Å². The molecule has 0 saturated heterocycles. The molecule has 0 aliphatic carbocycles. The fourth-order valence-corrected chi connectivity index (χ4v) is 1.47. The van der Waals surface area contributed by atoms with Crippen LogP contribution in [0.2, 0.25) is 0 Å². The number of rotatable bonds is 5. The lowest BCUT2D eigenvalue weighted by atomic mass is 10.1. The number of aliphatic carboxylic acids is 1. The zero-order valence-corrected chi connectivity index (χ0v) is 8.98. The number of hydrogen-bond donors (Lipinski definition) is 2. The van der Waals surface area contributed by atoms with Gasteiger partial charge in [-0.1, -0.05) is 12.1 Å². The summed E-state index contributed by atoms with van der Waals surface area (Å²) in [6.45, 7) is 0. The predicted molar refractivity (Wildman–Crippen MR) is 54.6 cm³/mol. The van der Waals surface area contributed by atoms with Crippen LogP contribution in [0.4, 0.5) is 0 Å². The molecule has 6 nitrogen and oxygen atoms in total. The van der Waals surface area contributed by atoms with E-state index in [1.165, 1.54) is 18.2 Å². The molecular formula is C9H10O6S. The monoisotopic (exact) mass is 246 g/mol. The first-order valence-corrected chi connectivity index (χ1v) is 5.71. The van der Waals surface area contributed by atoms with Gasteiger partial charge in [0.25, 0.3) is 0 Å². The Morgan fingerprint density at radius 1 is 1.38 bits per heavy atom. The summed E-state index contributed by atoms with van der Waals surface area (Å²) in [6, 6.07) is 5.85. The highest BCUT2D eigenvalue weighted by Crippen LogP contribution is 2.16. The first kappa shape index (κ1) is 12.5. The molecule has 0 amide bonds. The van der Waals surface area contributed by atoms with Gasteiger partial charge in [0.1, 0.15) is 5.75 Å². The SMILES string of the molecule is O=C(O)CCc1cccc(OS(=O)(=O)O)c1. The Hall–Kier alpha value is -1.60. The summed E-state index contributed by atoms with van der Waals surface area (Å²) in [6.07, 6.45) is 0.202. The average molecular weight is 246 g/mol. The minimum Gasteiger partial charge on any atom is -0.481 e. The van der Waals surface area contributed by atoms with Crippen molar-refractivity contribution in [3.05, 3.63) is 29.8 Å². The topological polar surface area (TPSA) is 101 Å². The molecule has 2 N–H and O–H groups in total. The van der Waals surface area contributed by atoms with Crippen molar-refractivity contribution in [3.8, 4) is 5.75 Å². The largest absolute Gasteiger partial charge is 0.481 e. The van der Waals surface area contributed by atoms with Crippen molar-refractivity contribution in [3.63, 3.8) is 0 Å². The maximum Gasteiger partial charge on any atom is 0.446 e. The molecule has 1 aromatic carbocycles. The van der Waals surface area contributed by atoms with Crippen LogP contribution in [0.25, 0.3) is 0 Å². The second-order valence-corrected chi connectivity index (χ2v) is 4.07. The normalized spacial score (nSPS) is 11.1. The highest BCUT2D eigenvalue weighted by Gasteiger charge is 2.07. The van der Waals surface area contributed by atoms with E-state index >= 15 is 0 Å². The third-order valence-corrected chi connectivity index (χ3v) is 2.13. The Morgan fingerprint density at radius 3 is 2.62 bits per heavy atom. The molecule has 0 aliphatic heterocycles. The second kappa shape index (κ2) is 4.95. The Labute approximate surface area is 92.4 Å². The van der Waals surface area contributed by atoms with Crippen LogP contribution in [0.3, 0.4) is 0 Å². The first-order chi connectivity index (χ1) is 7.37. The Balaban J connectivity index is 2.75. The fraction of sp³-hybridized carbons (Fsp3) is 0.222. The summed E-state index contributed by atoms with van der Waals surface area (Å²) in [5.74, 6) is -0.994. The van der Waals surface area contributed by atoms with Crippen LogP contribution in [-0.4, -0.2) is 24.0 Å². The quantitative estimate of drug-likeness (QED) is 0.748. The minimum atomic E-state index is -4.54. The van der Waals surface area contributed by atoms with Crippen molar-refractivity contribution in [2.75, 3.05) is 0 Å². The van der Waals surface area contributed by atoms with E-state index in [1.807, 2.05) is 0 Å². The van der Waals surface area contributed by atoms with Crippen LogP contribution >= 0.6 is 0 Å². The molecule has 0 bridgehead atoms. The predicted octanol–water partition coefficient (Wildman–Crippen LogP) is 0.885. The minimum absolute atomic E-state index is 0.0506. The van der Waals surface area contributed by atoms with Crippen molar-refractivity contribution in [2.24, 2.45) is 0 Å². The van der Waals surface area contributed by atoms with Crippen molar-refractivity contribution in [2.45, 2.75) is 12.8 Å². The molecule has 0 fully saturated rings. The molecule has 16 heavy (non-hydrogen) atoms. The van der Waals surface area contributed by atoms with Gasteiger partial charge in [-0.3, -0.25) is 9.35 Å². The van der Waals surface area contributed by atoms with Gasteiger partial charge < -0.3 is 9.29 Å². The van der Waals surface area contributed by atoms with E-state index in [9.17, 15) is 13.2 Å². The number of carboxylic acid groups (broad SMARTS) is 1. The lowest BCUT2D eigenvalue weighted by molar-refractivity contribution is -0.136. The highest BCUT2D eigenvalue weighted by molar-refractivity contribution is 7.81. The molecule has 0 saturated carbocycles. The van der Waals surface area contributed by atoms with E-state index in [0.717, 1.165) is 0 Å². The molecular weight excluding hydrogens is 236 g/mol. The van der Waals surface area contributed by atoms with E-state index < -0.39 is 16.4 Å². The second-order valence-electron chi connectivity index (χ2n) is 3.05. The van der Waals surface area contributed by atoms with Gasteiger partial charge in [-0.2, -0.15) is 8.42 Å². The first-order valence-electron chi connectivity index (χ1n) is 4.34. The fourth-order valence-electron chi connectivity index (χ4n) is 1.13. The van der Waals surface area contributed by atoms with Crippen LogP contribution in [-0.2, 0) is 21.6 Å². The lowest BCUT2D eigenvalue weighted by Crippen LogP contribution is -2.06. The highest BCUT2D eigenvalue weighted by atomic mass is 32.3. The summed E-state index contributed by atoms with van der Waals surface area (Å²) in [4.78, 5) is 10.3. The summed E-state index contributed by atoms with van der Waals surface area (Å²) in [5.41, 5.74) is 0.614. The van der Waals surface area contributed by atoms with E-state index in [2.05, 4.69) is 4.18 Å². The van der Waals surface area contributed by atoms with E-state index in [-0.39, 0.29) is 18.6 Å². The molecule has 0 aromatic heterocycles. The van der Waals surface area contributed by atoms with Crippen molar-refractivity contribution in [1.82, 2.24) is 0 Å². The van der Waals surface area contributed by atoms with Gasteiger partial charge in [0.05, 0.1) is 0 Å². The Morgan fingerprint density at radius 2 is 2.06 bits per heavy atom. The Kier molecular flexibility index (Phi) is 3.86. The standard InChI is InChI=1S/C9H10O6S/c10-9(11)5-4-7-2-1-3-8(6-7)15-16(12,13)14/h1-3,6H,4-5H2,(H,10,11)(H,12,13,14). The lowest BCUT2D eigenvalue weighted by Gasteiger charge is -2.03. The zero-order valence-electron chi connectivity index (χ0n) is 8.16. The van der Waals surface area contributed by atoms with E-state index in [4.69, 9.17) is 9.66 Å². The van der Waals surface area contributed by atoms with Crippen LogP contribution in [0, 0.1) is 0 Å². The van der Waals surface area contributed by atoms with Crippen LogP contribution < -0.4 is 4.18 Å². The Bertz CT molecular complexity index is 479. The number of carbonyl (C=O) groups is 1. The molecule has 1 rings (SSSR count). The van der Waals surface area contributed by atoms with Crippen LogP contribution in [0.5, 0.6) is 5.75 Å². The molecule has 0 atom stereocenters. The molecule has 88 valence electrons. The van der Waals surface area contributed by atoms with Gasteiger partial charge in [0.2, 0.25) is 0 Å². The van der Waals surface area contributed by atoms with Gasteiger partial charge in [0.15, 0.2) is 0 Å². The van der Waals surface area contributed by atoms with Gasteiger partial charge in [0, 0.05) is 6.42 Å². The summed E-state index contributed by atoms with van der Waals surface area (Å²) in [5, 5.41) is 8.46. The number of benzene rings is 1. The van der Waals surface area contributed by atoms with Gasteiger partial charge in [-0.05, 0) is 24.1 Å². The summed E-state index contributed by atoms with van der Waals surface area (Å²) in [7, 11) is -4.54. The maximum absolute atomic E-state index is 10.4. The molecule has 0 heterocycles. The molecule has 0 radical (unpaired) electrons. The molecule has 0 spiro atoms. The summed E-state index contributed by atoms with van der Waals surface area (Å²) >= 11 is 0. The number of hydrogen-bond acceptors (Lipinski definition) is 4.